The van der Waals surface area contributed by atoms with Crippen LogP contribution in [0.2, 0.25) is 0 Å². The molecule has 10 heavy (non-hydrogen) atoms. The molecule has 1 nitrogen and oxygen atoms in total. The van der Waals surface area contributed by atoms with Gasteiger partial charge in [0.1, 0.15) is 0 Å². The fourth-order valence-electron chi connectivity index (χ4n) is 1.21. The van der Waals surface area contributed by atoms with E-state index in [1.165, 1.54) is 0 Å². The molecule has 1 heterocycles. The minimum absolute atomic E-state index is 0.118. The summed E-state index contributed by atoms with van der Waals surface area (Å²) in [5.74, 6) is -2.56. The molecule has 1 unspecified atom stereocenters. The van der Waals surface area contributed by atoms with Crippen LogP contribution >= 0.6 is 0 Å². The second kappa shape index (κ2) is 2.82. The van der Waals surface area contributed by atoms with Gasteiger partial charge in [0.05, 0.1) is 6.10 Å². The van der Waals surface area contributed by atoms with Gasteiger partial charge in [-0.2, -0.15) is 0 Å². The smallest absolute Gasteiger partial charge is 0.247 e. The summed E-state index contributed by atoms with van der Waals surface area (Å²) in [4.78, 5) is 0. The van der Waals surface area contributed by atoms with Crippen molar-refractivity contribution in [1.82, 2.24) is 0 Å². The molecular weight excluding hydrogens is 138 g/mol. The fraction of sp³-hybridized carbons (Fsp3) is 1.00. The minimum Gasteiger partial charge on any atom is -0.378 e. The molecule has 1 aliphatic heterocycles. The molecule has 1 rings (SSSR count). The van der Waals surface area contributed by atoms with E-state index in [0.29, 0.717) is 6.61 Å². The molecule has 0 aromatic rings. The first-order valence-corrected chi connectivity index (χ1v) is 3.57. The number of hydrogen-bond donors (Lipinski definition) is 0. The van der Waals surface area contributed by atoms with E-state index in [4.69, 9.17) is 4.74 Å². The van der Waals surface area contributed by atoms with Gasteiger partial charge >= 0.3 is 0 Å². The lowest BCUT2D eigenvalue weighted by Crippen LogP contribution is -2.19. The number of halogens is 2. The predicted octanol–water partition coefficient (Wildman–Crippen LogP) is 2.21. The van der Waals surface area contributed by atoms with Gasteiger partial charge in [0.15, 0.2) is 0 Å². The van der Waals surface area contributed by atoms with E-state index in [2.05, 4.69) is 0 Å². The SMILES string of the molecule is CC(F)(F)CC1CCCO1. The van der Waals surface area contributed by atoms with Gasteiger partial charge in [-0.25, -0.2) is 8.78 Å². The lowest BCUT2D eigenvalue weighted by Gasteiger charge is -2.14. The molecule has 0 amide bonds. The maximum atomic E-state index is 12.3. The van der Waals surface area contributed by atoms with Crippen molar-refractivity contribution in [3.63, 3.8) is 0 Å². The molecule has 1 aliphatic rings. The van der Waals surface area contributed by atoms with Crippen LogP contribution in [0, 0.1) is 0 Å². The van der Waals surface area contributed by atoms with Crippen LogP contribution in [0.25, 0.3) is 0 Å². The van der Waals surface area contributed by atoms with Crippen LogP contribution in [0.3, 0.4) is 0 Å². The van der Waals surface area contributed by atoms with Crippen LogP contribution in [0.5, 0.6) is 0 Å². The van der Waals surface area contributed by atoms with Crippen LogP contribution in [0.15, 0.2) is 0 Å². The maximum absolute atomic E-state index is 12.3. The van der Waals surface area contributed by atoms with Crippen LogP contribution < -0.4 is 0 Å². The van der Waals surface area contributed by atoms with Crippen molar-refractivity contribution in [1.29, 1.82) is 0 Å². The van der Waals surface area contributed by atoms with Gasteiger partial charge in [-0.1, -0.05) is 0 Å². The first-order valence-electron chi connectivity index (χ1n) is 3.57. The van der Waals surface area contributed by atoms with Crippen molar-refractivity contribution in [3.05, 3.63) is 0 Å². The largest absolute Gasteiger partial charge is 0.378 e. The van der Waals surface area contributed by atoms with Gasteiger partial charge in [0.2, 0.25) is 5.92 Å². The molecule has 0 aromatic carbocycles. The zero-order valence-electron chi connectivity index (χ0n) is 6.07. The highest BCUT2D eigenvalue weighted by molar-refractivity contribution is 4.71. The van der Waals surface area contributed by atoms with Gasteiger partial charge in [0, 0.05) is 13.0 Å². The Labute approximate surface area is 59.4 Å². The van der Waals surface area contributed by atoms with Crippen LogP contribution in [0.1, 0.15) is 26.2 Å². The Balaban J connectivity index is 2.24. The fourth-order valence-corrected chi connectivity index (χ4v) is 1.21. The molecule has 1 atom stereocenters. The number of alkyl halides is 2. The van der Waals surface area contributed by atoms with Gasteiger partial charge in [-0.05, 0) is 19.8 Å². The molecule has 0 N–H and O–H groups in total. The van der Waals surface area contributed by atoms with E-state index >= 15 is 0 Å². The van der Waals surface area contributed by atoms with E-state index in [9.17, 15) is 8.78 Å². The Morgan fingerprint density at radius 3 is 2.70 bits per heavy atom. The molecular formula is C7H12F2O. The normalized spacial score (nSPS) is 27.3. The summed E-state index contributed by atoms with van der Waals surface area (Å²) in [5.41, 5.74) is 0. The summed E-state index contributed by atoms with van der Waals surface area (Å²) in [6, 6.07) is 0. The molecule has 0 saturated carbocycles. The Morgan fingerprint density at radius 2 is 2.30 bits per heavy atom. The first kappa shape index (κ1) is 7.92. The van der Waals surface area contributed by atoms with Gasteiger partial charge in [0.25, 0.3) is 0 Å². The zero-order chi connectivity index (χ0) is 7.61. The average molecular weight is 150 g/mol. The Morgan fingerprint density at radius 1 is 1.60 bits per heavy atom. The summed E-state index contributed by atoms with van der Waals surface area (Å²) < 4.78 is 29.6. The number of ether oxygens (including phenoxy) is 1. The lowest BCUT2D eigenvalue weighted by atomic mass is 10.1. The van der Waals surface area contributed by atoms with Crippen molar-refractivity contribution < 1.29 is 13.5 Å². The summed E-state index contributed by atoms with van der Waals surface area (Å²) >= 11 is 0. The maximum Gasteiger partial charge on any atom is 0.247 e. The van der Waals surface area contributed by atoms with Crippen LogP contribution in [-0.4, -0.2) is 18.6 Å². The quantitative estimate of drug-likeness (QED) is 0.586. The molecule has 0 aromatic heterocycles. The standard InChI is InChI=1S/C7H12F2O/c1-7(8,9)5-6-3-2-4-10-6/h6H,2-5H2,1H3. The third kappa shape index (κ3) is 2.60. The monoisotopic (exact) mass is 150 g/mol. The molecule has 3 heteroatoms. The second-order valence-electron chi connectivity index (χ2n) is 2.91. The summed E-state index contributed by atoms with van der Waals surface area (Å²) in [5, 5.41) is 0. The summed E-state index contributed by atoms with van der Waals surface area (Å²) in [6.07, 6.45) is 1.41. The predicted molar refractivity (Wildman–Crippen MR) is 34.2 cm³/mol. The molecule has 1 saturated heterocycles. The second-order valence-corrected chi connectivity index (χ2v) is 2.91. The Kier molecular flexibility index (Phi) is 2.24. The van der Waals surface area contributed by atoms with Gasteiger partial charge < -0.3 is 4.74 Å². The number of rotatable bonds is 2. The lowest BCUT2D eigenvalue weighted by molar-refractivity contribution is -0.0348. The van der Waals surface area contributed by atoms with E-state index in [1.807, 2.05) is 0 Å². The van der Waals surface area contributed by atoms with Crippen molar-refractivity contribution in [3.8, 4) is 0 Å². The van der Waals surface area contributed by atoms with E-state index in [1.54, 1.807) is 0 Å². The third-order valence-corrected chi connectivity index (χ3v) is 1.61. The summed E-state index contributed by atoms with van der Waals surface area (Å²) in [7, 11) is 0. The highest BCUT2D eigenvalue weighted by atomic mass is 19.3. The molecule has 0 aliphatic carbocycles. The van der Waals surface area contributed by atoms with E-state index in [-0.39, 0.29) is 12.5 Å². The third-order valence-electron chi connectivity index (χ3n) is 1.61. The van der Waals surface area contributed by atoms with Crippen molar-refractivity contribution in [2.45, 2.75) is 38.2 Å². The molecule has 0 radical (unpaired) electrons. The molecule has 0 spiro atoms. The Hall–Kier alpha value is -0.180. The van der Waals surface area contributed by atoms with Crippen LogP contribution in [0.4, 0.5) is 8.78 Å². The molecule has 1 fully saturated rings. The van der Waals surface area contributed by atoms with Gasteiger partial charge in [-0.15, -0.1) is 0 Å². The van der Waals surface area contributed by atoms with Crippen molar-refractivity contribution in [2.75, 3.05) is 6.61 Å². The first-order chi connectivity index (χ1) is 4.58. The van der Waals surface area contributed by atoms with Crippen molar-refractivity contribution in [2.24, 2.45) is 0 Å². The molecule has 60 valence electrons. The number of hydrogen-bond acceptors (Lipinski definition) is 1. The zero-order valence-corrected chi connectivity index (χ0v) is 6.07. The average Bonchev–Trinajstić information content (AvgIpc) is 2.12. The van der Waals surface area contributed by atoms with Crippen molar-refractivity contribution >= 4 is 0 Å². The molecule has 0 bridgehead atoms. The van der Waals surface area contributed by atoms with E-state index < -0.39 is 5.92 Å². The topological polar surface area (TPSA) is 9.23 Å². The Bertz CT molecular complexity index is 103. The summed E-state index contributed by atoms with van der Waals surface area (Å²) in [6.45, 7) is 1.59. The van der Waals surface area contributed by atoms with Gasteiger partial charge in [-0.3, -0.25) is 0 Å². The van der Waals surface area contributed by atoms with E-state index in [0.717, 1.165) is 19.8 Å². The highest BCUT2D eigenvalue weighted by Gasteiger charge is 2.28. The minimum atomic E-state index is -2.56. The highest BCUT2D eigenvalue weighted by Crippen LogP contribution is 2.25. The van der Waals surface area contributed by atoms with Crippen LogP contribution in [-0.2, 0) is 4.74 Å².